The monoisotopic (exact) mass is 778 g/mol. The summed E-state index contributed by atoms with van der Waals surface area (Å²) in [7, 11) is 0. The van der Waals surface area contributed by atoms with Crippen molar-refractivity contribution in [2.75, 3.05) is 0 Å². The zero-order chi connectivity index (χ0) is 40.3. The van der Waals surface area contributed by atoms with E-state index >= 15 is 0 Å². The number of rotatable bonds is 6. The summed E-state index contributed by atoms with van der Waals surface area (Å²) >= 11 is 0. The van der Waals surface area contributed by atoms with Crippen molar-refractivity contribution in [1.82, 2.24) is 19.5 Å². The van der Waals surface area contributed by atoms with Crippen molar-refractivity contribution in [3.63, 3.8) is 0 Å². The van der Waals surface area contributed by atoms with Crippen molar-refractivity contribution in [2.24, 2.45) is 0 Å². The lowest BCUT2D eigenvalue weighted by Gasteiger charge is -2.22. The lowest BCUT2D eigenvalue weighted by atomic mass is 9.84. The van der Waals surface area contributed by atoms with Gasteiger partial charge in [-0.2, -0.15) is 0 Å². The second kappa shape index (κ2) is 14.4. The Bertz CT molecular complexity index is 3290. The Kier molecular flexibility index (Phi) is 8.27. The molecule has 2 aromatic heterocycles. The number of fused-ring (bicyclic) bond motifs is 6. The number of aromatic nitrogens is 4. The van der Waals surface area contributed by atoms with Gasteiger partial charge in [-0.3, -0.25) is 0 Å². The number of hydrogen-bond acceptors (Lipinski definition) is 3. The van der Waals surface area contributed by atoms with Gasteiger partial charge in [0.15, 0.2) is 17.5 Å². The summed E-state index contributed by atoms with van der Waals surface area (Å²) < 4.78 is 2.46. The average Bonchev–Trinajstić information content (AvgIpc) is 3.66. The first-order valence-electron chi connectivity index (χ1n) is 20.9. The minimum Gasteiger partial charge on any atom is -0.309 e. The molecule has 0 bridgehead atoms. The van der Waals surface area contributed by atoms with Crippen LogP contribution in [-0.2, 0) is 12.8 Å². The van der Waals surface area contributed by atoms with E-state index in [1.165, 1.54) is 82.8 Å². The van der Waals surface area contributed by atoms with Crippen LogP contribution in [0.25, 0.3) is 94.7 Å². The molecule has 4 heteroatoms. The van der Waals surface area contributed by atoms with Gasteiger partial charge in [0, 0.05) is 33.2 Å². The molecule has 61 heavy (non-hydrogen) atoms. The molecule has 12 rings (SSSR count). The van der Waals surface area contributed by atoms with Gasteiger partial charge in [-0.05, 0) is 111 Å². The van der Waals surface area contributed by atoms with E-state index in [0.717, 1.165) is 29.5 Å². The Morgan fingerprint density at radius 2 is 0.738 bits per heavy atom. The van der Waals surface area contributed by atoms with Gasteiger partial charge in [0.25, 0.3) is 0 Å². The summed E-state index contributed by atoms with van der Waals surface area (Å²) in [6.07, 6.45) is 1.78. The van der Waals surface area contributed by atoms with E-state index in [9.17, 15) is 0 Å². The van der Waals surface area contributed by atoms with Gasteiger partial charge in [0.1, 0.15) is 0 Å². The van der Waals surface area contributed by atoms with Crippen LogP contribution < -0.4 is 0 Å². The average molecular weight is 779 g/mol. The predicted octanol–water partition coefficient (Wildman–Crippen LogP) is 14.0. The van der Waals surface area contributed by atoms with Crippen LogP contribution in [0.5, 0.6) is 0 Å². The maximum atomic E-state index is 5.00. The highest BCUT2D eigenvalue weighted by atomic mass is 15.0. The van der Waals surface area contributed by atoms with Crippen LogP contribution in [0.4, 0.5) is 0 Å². The second-order valence-corrected chi connectivity index (χ2v) is 16.1. The molecule has 9 aromatic carbocycles. The highest BCUT2D eigenvalue weighted by molar-refractivity contribution is 6.11. The molecule has 0 fully saturated rings. The minimum atomic E-state index is 0.667. The maximum Gasteiger partial charge on any atom is 0.164 e. The van der Waals surface area contributed by atoms with Gasteiger partial charge in [-0.15, -0.1) is 0 Å². The minimum absolute atomic E-state index is 0.667. The first-order chi connectivity index (χ1) is 30.2. The molecule has 2 heterocycles. The third-order valence-electron chi connectivity index (χ3n) is 12.3. The van der Waals surface area contributed by atoms with E-state index in [1.54, 1.807) is 0 Å². The Balaban J connectivity index is 0.921. The van der Waals surface area contributed by atoms with Crippen LogP contribution in [0.15, 0.2) is 206 Å². The lowest BCUT2D eigenvalue weighted by Crippen LogP contribution is -2.08. The van der Waals surface area contributed by atoms with Gasteiger partial charge in [-0.1, -0.05) is 164 Å². The van der Waals surface area contributed by atoms with Crippen molar-refractivity contribution in [3.05, 3.63) is 229 Å². The molecular formula is C57H38N4. The molecule has 0 atom stereocenters. The molecule has 0 aliphatic heterocycles. The normalized spacial score (nSPS) is 12.1. The maximum absolute atomic E-state index is 5.00. The standard InChI is InChI=1S/C57H38N4/c1-5-13-37(14-6-1)43-24-27-53-51(35-43)52-36-44(38-15-7-2-8-16-38)25-28-54(52)61(53)50-26-23-42-30-47-32-46-31-45(22-21-41(46)29-48(47)33-49(42)34-50)57-59-55(39-17-9-3-10-18-39)58-56(60-57)40-19-11-4-12-20-40/h1-29,31-32,34-36H,30,33H2. The van der Waals surface area contributed by atoms with E-state index in [1.807, 2.05) is 60.7 Å². The lowest BCUT2D eigenvalue weighted by molar-refractivity contribution is 0.997. The zero-order valence-electron chi connectivity index (χ0n) is 33.3. The first-order valence-corrected chi connectivity index (χ1v) is 20.9. The molecule has 0 radical (unpaired) electrons. The molecule has 1 aliphatic rings. The fourth-order valence-corrected chi connectivity index (χ4v) is 9.22. The molecule has 0 spiro atoms. The topological polar surface area (TPSA) is 43.6 Å². The Morgan fingerprint density at radius 3 is 1.28 bits per heavy atom. The van der Waals surface area contributed by atoms with Crippen molar-refractivity contribution in [2.45, 2.75) is 12.8 Å². The first kappa shape index (κ1) is 35.0. The molecule has 0 saturated heterocycles. The molecule has 0 N–H and O–H groups in total. The largest absolute Gasteiger partial charge is 0.309 e. The zero-order valence-corrected chi connectivity index (χ0v) is 33.3. The van der Waals surface area contributed by atoms with Crippen molar-refractivity contribution in [3.8, 4) is 62.1 Å². The van der Waals surface area contributed by atoms with E-state index in [-0.39, 0.29) is 0 Å². The third-order valence-corrected chi connectivity index (χ3v) is 12.3. The highest BCUT2D eigenvalue weighted by Gasteiger charge is 2.21. The van der Waals surface area contributed by atoms with Crippen LogP contribution in [0.2, 0.25) is 0 Å². The van der Waals surface area contributed by atoms with Crippen LogP contribution in [-0.4, -0.2) is 19.5 Å². The fraction of sp³-hybridized carbons (Fsp3) is 0.0351. The van der Waals surface area contributed by atoms with Gasteiger partial charge >= 0.3 is 0 Å². The molecule has 1 aliphatic carbocycles. The molecule has 11 aromatic rings. The highest BCUT2D eigenvalue weighted by Crippen LogP contribution is 2.39. The summed E-state index contributed by atoms with van der Waals surface area (Å²) in [6.45, 7) is 0. The molecule has 0 saturated carbocycles. The Labute approximate surface area is 354 Å². The molecule has 286 valence electrons. The van der Waals surface area contributed by atoms with Gasteiger partial charge in [0.2, 0.25) is 0 Å². The predicted molar refractivity (Wildman–Crippen MR) is 251 cm³/mol. The Hall–Kier alpha value is -7.95. The van der Waals surface area contributed by atoms with Crippen molar-refractivity contribution >= 4 is 32.6 Å². The van der Waals surface area contributed by atoms with Crippen LogP contribution >= 0.6 is 0 Å². The van der Waals surface area contributed by atoms with E-state index < -0.39 is 0 Å². The summed E-state index contributed by atoms with van der Waals surface area (Å²) in [5.41, 5.74) is 16.9. The Morgan fingerprint density at radius 1 is 0.295 bits per heavy atom. The number of benzene rings is 9. The summed E-state index contributed by atoms with van der Waals surface area (Å²) in [5.74, 6) is 2.00. The summed E-state index contributed by atoms with van der Waals surface area (Å²) in [5, 5.41) is 4.92. The fourth-order valence-electron chi connectivity index (χ4n) is 9.22. The number of hydrogen-bond donors (Lipinski definition) is 0. The van der Waals surface area contributed by atoms with Gasteiger partial charge in [-0.25, -0.2) is 15.0 Å². The molecule has 0 unspecified atom stereocenters. The SMILES string of the molecule is c1ccc(-c2ccc3c(c2)c2cc(-c4ccccc4)ccc2n3-c2ccc3c(c2)Cc2cc4ccc(-c5nc(-c6ccccc6)nc(-c6ccccc6)n5)cc4cc2C3)cc1. The quantitative estimate of drug-likeness (QED) is 0.169. The van der Waals surface area contributed by atoms with Gasteiger partial charge < -0.3 is 4.57 Å². The van der Waals surface area contributed by atoms with E-state index in [4.69, 9.17) is 15.0 Å². The second-order valence-electron chi connectivity index (χ2n) is 16.1. The van der Waals surface area contributed by atoms with E-state index in [2.05, 4.69) is 150 Å². The van der Waals surface area contributed by atoms with Crippen molar-refractivity contribution < 1.29 is 0 Å². The van der Waals surface area contributed by atoms with Gasteiger partial charge in [0.05, 0.1) is 11.0 Å². The van der Waals surface area contributed by atoms with Crippen molar-refractivity contribution in [1.29, 1.82) is 0 Å². The van der Waals surface area contributed by atoms with Crippen LogP contribution in [0, 0.1) is 0 Å². The number of nitrogens with zero attached hydrogens (tertiary/aromatic N) is 4. The molecular weight excluding hydrogens is 741 g/mol. The molecule has 0 amide bonds. The van der Waals surface area contributed by atoms with Crippen LogP contribution in [0.1, 0.15) is 22.3 Å². The summed E-state index contributed by atoms with van der Waals surface area (Å²) in [4.78, 5) is 14.9. The van der Waals surface area contributed by atoms with E-state index in [0.29, 0.717) is 17.5 Å². The van der Waals surface area contributed by atoms with Crippen LogP contribution in [0.3, 0.4) is 0 Å². The smallest absolute Gasteiger partial charge is 0.164 e. The molecule has 4 nitrogen and oxygen atoms in total. The third kappa shape index (κ3) is 6.28. The summed E-state index contributed by atoms with van der Waals surface area (Å²) in [6, 6.07) is 74.0.